The third kappa shape index (κ3) is 13.8. The van der Waals surface area contributed by atoms with E-state index in [9.17, 15) is 0 Å². The van der Waals surface area contributed by atoms with Crippen LogP contribution in [0.3, 0.4) is 0 Å². The van der Waals surface area contributed by atoms with E-state index in [4.69, 9.17) is 5.32 Å². The van der Waals surface area contributed by atoms with E-state index in [1.165, 1.54) is 11.1 Å². The van der Waals surface area contributed by atoms with Gasteiger partial charge in [0.2, 0.25) is 0 Å². The van der Waals surface area contributed by atoms with Gasteiger partial charge >= 0.3 is 0 Å². The molecule has 3 nitrogen and oxygen atoms in total. The summed E-state index contributed by atoms with van der Waals surface area (Å²) in [6.07, 6.45) is 1.98. The molecule has 0 spiro atoms. The van der Waals surface area contributed by atoms with Crippen molar-refractivity contribution in [2.75, 3.05) is 0 Å². The molecule has 0 aliphatic heterocycles. The van der Waals surface area contributed by atoms with Crippen molar-refractivity contribution in [2.24, 2.45) is 7.05 Å². The van der Waals surface area contributed by atoms with Crippen LogP contribution in [0.15, 0.2) is 121 Å². The van der Waals surface area contributed by atoms with Crippen molar-refractivity contribution in [1.82, 2.24) is 9.78 Å². The van der Waals surface area contributed by atoms with Gasteiger partial charge in [0, 0.05) is 39.1 Å². The Morgan fingerprint density at radius 3 is 1.20 bits per heavy atom. The molecule has 0 N–H and O–H groups in total. The molecule has 5 rings (SSSR count). The molecular formula is C40H49HfN3-4. The second kappa shape index (κ2) is 19.6. The number of benzene rings is 4. The van der Waals surface area contributed by atoms with E-state index in [2.05, 4.69) is 91.7 Å². The fraction of sp³-hybridized carbons (Fsp3) is 0.250. The normalized spacial score (nSPS) is 10.2. The van der Waals surface area contributed by atoms with E-state index in [0.29, 0.717) is 11.8 Å². The minimum Gasteiger partial charge on any atom is -0.674 e. The maximum absolute atomic E-state index is 5.14. The molecule has 0 radical (unpaired) electrons. The SMILES string of the molecule is CC(C)c1cccc(C(C)C)c1[N-]C(C)(C)c1ccn(C)n1.[CH2-]c1ccccc1.[CH2-]c1ccccc1.[CH2-]c1ccccc1.[Hf]. The molecule has 0 unspecified atom stereocenters. The Hall–Kier alpha value is -3.63. The van der Waals surface area contributed by atoms with Gasteiger partial charge in [0.1, 0.15) is 0 Å². The summed E-state index contributed by atoms with van der Waals surface area (Å²) in [5.41, 5.74) is 7.65. The van der Waals surface area contributed by atoms with Gasteiger partial charge in [0.15, 0.2) is 0 Å². The van der Waals surface area contributed by atoms with Crippen molar-refractivity contribution < 1.29 is 25.8 Å². The van der Waals surface area contributed by atoms with Crippen LogP contribution in [0.25, 0.3) is 5.32 Å². The monoisotopic (exact) mass is 751 g/mol. The van der Waals surface area contributed by atoms with Gasteiger partial charge in [0.05, 0.1) is 5.69 Å². The second-order valence-electron chi connectivity index (χ2n) is 11.6. The predicted molar refractivity (Wildman–Crippen MR) is 187 cm³/mol. The zero-order chi connectivity index (χ0) is 31.8. The maximum atomic E-state index is 5.14. The fourth-order valence-corrected chi connectivity index (χ4v) is 4.15. The van der Waals surface area contributed by atoms with E-state index in [1.54, 1.807) is 0 Å². The summed E-state index contributed by atoms with van der Waals surface area (Å²) in [4.78, 5) is 0. The van der Waals surface area contributed by atoms with Gasteiger partial charge in [-0.05, 0) is 17.9 Å². The molecule has 1 heterocycles. The van der Waals surface area contributed by atoms with Crippen LogP contribution < -0.4 is 0 Å². The Morgan fingerprint density at radius 1 is 0.591 bits per heavy atom. The first-order valence-electron chi connectivity index (χ1n) is 14.9. The van der Waals surface area contributed by atoms with Crippen LogP contribution in [0.5, 0.6) is 0 Å². The molecule has 44 heavy (non-hydrogen) atoms. The Balaban J connectivity index is 0.000000355. The maximum Gasteiger partial charge on any atom is 0.0505 e. The van der Waals surface area contributed by atoms with Crippen LogP contribution >= 0.6 is 0 Å². The molecule has 4 heteroatoms. The molecular weight excluding hydrogens is 701 g/mol. The molecule has 1 aromatic heterocycles. The van der Waals surface area contributed by atoms with Gasteiger partial charge in [-0.25, -0.2) is 0 Å². The third-order valence-corrected chi connectivity index (χ3v) is 6.60. The van der Waals surface area contributed by atoms with E-state index < -0.39 is 0 Å². The van der Waals surface area contributed by atoms with Crippen LogP contribution in [-0.2, 0) is 38.4 Å². The van der Waals surface area contributed by atoms with E-state index in [0.717, 1.165) is 28.1 Å². The Kier molecular flexibility index (Phi) is 17.1. The molecule has 0 amide bonds. The number of hydrogen-bond acceptors (Lipinski definition) is 1. The number of nitrogens with zero attached hydrogens (tertiary/aromatic N) is 3. The molecule has 0 aliphatic carbocycles. The average Bonchev–Trinajstić information content (AvgIpc) is 3.42. The second-order valence-corrected chi connectivity index (χ2v) is 11.6. The number of para-hydroxylation sites is 1. The van der Waals surface area contributed by atoms with Crippen molar-refractivity contribution in [3.05, 3.63) is 181 Å². The largest absolute Gasteiger partial charge is 0.674 e. The van der Waals surface area contributed by atoms with Crippen molar-refractivity contribution in [2.45, 2.75) is 58.9 Å². The summed E-state index contributed by atoms with van der Waals surface area (Å²) in [6, 6.07) is 38.2. The smallest absolute Gasteiger partial charge is 0.0505 e. The Bertz CT molecular complexity index is 1320. The minimum atomic E-state index is -0.337. The summed E-state index contributed by atoms with van der Waals surface area (Å²) < 4.78 is 1.84. The van der Waals surface area contributed by atoms with Crippen LogP contribution in [0.4, 0.5) is 5.69 Å². The summed E-state index contributed by atoms with van der Waals surface area (Å²) >= 11 is 0. The summed E-state index contributed by atoms with van der Waals surface area (Å²) in [7, 11) is 1.95. The van der Waals surface area contributed by atoms with Crippen LogP contribution in [-0.4, -0.2) is 9.78 Å². The van der Waals surface area contributed by atoms with Crippen molar-refractivity contribution in [1.29, 1.82) is 0 Å². The average molecular weight is 750 g/mol. The van der Waals surface area contributed by atoms with Crippen LogP contribution in [0.1, 0.15) is 86.9 Å². The molecule has 0 saturated carbocycles. The zero-order valence-corrected chi connectivity index (χ0v) is 31.3. The van der Waals surface area contributed by atoms with Gasteiger partial charge in [0.25, 0.3) is 0 Å². The number of aryl methyl sites for hydroxylation is 1. The molecule has 232 valence electrons. The summed E-state index contributed by atoms with van der Waals surface area (Å²) in [5, 5.41) is 9.69. The van der Waals surface area contributed by atoms with Crippen LogP contribution in [0, 0.1) is 20.8 Å². The van der Waals surface area contributed by atoms with Gasteiger partial charge in [-0.1, -0.05) is 94.6 Å². The molecule has 4 aromatic carbocycles. The molecule has 0 aliphatic rings. The first-order chi connectivity index (χ1) is 20.4. The van der Waals surface area contributed by atoms with Crippen molar-refractivity contribution >= 4 is 5.69 Å². The van der Waals surface area contributed by atoms with E-state index >= 15 is 0 Å². The topological polar surface area (TPSA) is 31.9 Å². The number of hydrogen-bond donors (Lipinski definition) is 0. The van der Waals surface area contributed by atoms with Gasteiger partial charge in [-0.3, -0.25) is 4.68 Å². The van der Waals surface area contributed by atoms with Gasteiger partial charge in [-0.2, -0.15) is 79.0 Å². The van der Waals surface area contributed by atoms with Crippen molar-refractivity contribution in [3.63, 3.8) is 0 Å². The minimum absolute atomic E-state index is 0. The number of aromatic nitrogens is 2. The fourth-order valence-electron chi connectivity index (χ4n) is 4.15. The van der Waals surface area contributed by atoms with E-state index in [-0.39, 0.29) is 31.4 Å². The summed E-state index contributed by atoms with van der Waals surface area (Å²) in [5.74, 6) is 0.911. The Labute approximate surface area is 286 Å². The molecule has 0 atom stereocenters. The molecule has 0 saturated heterocycles. The third-order valence-electron chi connectivity index (χ3n) is 6.60. The summed E-state index contributed by atoms with van der Waals surface area (Å²) in [6.45, 7) is 24.3. The van der Waals surface area contributed by atoms with Gasteiger partial charge < -0.3 is 5.32 Å². The molecule has 0 fully saturated rings. The zero-order valence-electron chi connectivity index (χ0n) is 27.7. The molecule has 5 aromatic rings. The van der Waals surface area contributed by atoms with Crippen molar-refractivity contribution in [3.8, 4) is 0 Å². The first kappa shape index (κ1) is 38.4. The predicted octanol–water partition coefficient (Wildman–Crippen LogP) is 11.2. The van der Waals surface area contributed by atoms with Gasteiger partial charge in [-0.15, -0.1) is 42.1 Å². The first-order valence-corrected chi connectivity index (χ1v) is 14.9. The number of rotatable bonds is 5. The quantitative estimate of drug-likeness (QED) is 0.130. The molecule has 0 bridgehead atoms. The van der Waals surface area contributed by atoms with Crippen LogP contribution in [0.2, 0.25) is 0 Å². The van der Waals surface area contributed by atoms with E-state index in [1.807, 2.05) is 109 Å². The standard InChI is InChI=1S/C19H28N3.3C7H7.Hf/c1-13(2)15-9-8-10-16(14(3)4)18(15)20-19(5,6)17-11-12-22(7)21-17;3*1-7-5-3-2-4-6-7;/h8-14H,1-7H3;3*2-6H,1H2;/q4*-1;. The Morgan fingerprint density at radius 2 is 0.955 bits per heavy atom.